The molecule has 0 aliphatic heterocycles. The van der Waals surface area contributed by atoms with Gasteiger partial charge in [0.25, 0.3) is 0 Å². The first-order valence-corrected chi connectivity index (χ1v) is 8.56. The second-order valence-corrected chi connectivity index (χ2v) is 7.51. The summed E-state index contributed by atoms with van der Waals surface area (Å²) >= 11 is 3.24. The molecule has 0 unspecified atom stereocenters. The number of nitrogens with zero attached hydrogens (tertiary/aromatic N) is 1. The molecule has 2 aromatic rings. The smallest absolute Gasteiger partial charge is 0.358 e. The minimum absolute atomic E-state index is 0.0256. The number of thiazole rings is 1. The van der Waals surface area contributed by atoms with Gasteiger partial charge in [0.2, 0.25) is 0 Å². The standard InChI is InChI=1S/C15H20N2O2S2/c1-5-19-13(18)12-10(2)21-14(17-12)16-9-15(3,4)11-7-6-8-20-11/h6-8H,5,9H2,1-4H3,(H,16,17). The number of carbonyl (C=O) groups excluding carboxylic acids is 1. The van der Waals surface area contributed by atoms with E-state index >= 15 is 0 Å². The van der Waals surface area contributed by atoms with Crippen LogP contribution in [0.1, 0.15) is 41.0 Å². The SMILES string of the molecule is CCOC(=O)c1nc(NCC(C)(C)c2cccs2)sc1C. The molecular weight excluding hydrogens is 304 g/mol. The van der Waals surface area contributed by atoms with E-state index < -0.39 is 0 Å². The zero-order valence-electron chi connectivity index (χ0n) is 12.7. The third-order valence-corrected chi connectivity index (χ3v) is 5.30. The number of aryl methyl sites for hydroxylation is 1. The average Bonchev–Trinajstić information content (AvgIpc) is 3.06. The first kappa shape index (κ1) is 16.0. The van der Waals surface area contributed by atoms with Gasteiger partial charge in [-0.1, -0.05) is 19.9 Å². The van der Waals surface area contributed by atoms with Gasteiger partial charge >= 0.3 is 5.97 Å². The van der Waals surface area contributed by atoms with Gasteiger partial charge in [0.15, 0.2) is 10.8 Å². The maximum atomic E-state index is 11.8. The van der Waals surface area contributed by atoms with Crippen LogP contribution in [0.15, 0.2) is 17.5 Å². The molecule has 0 fully saturated rings. The Balaban J connectivity index is 2.04. The van der Waals surface area contributed by atoms with Crippen LogP contribution >= 0.6 is 22.7 Å². The van der Waals surface area contributed by atoms with Crippen molar-refractivity contribution in [1.82, 2.24) is 4.98 Å². The summed E-state index contributed by atoms with van der Waals surface area (Å²) in [6.45, 7) is 9.20. The Hall–Kier alpha value is -1.40. The highest BCUT2D eigenvalue weighted by atomic mass is 32.1. The molecule has 0 radical (unpaired) electrons. The summed E-state index contributed by atoms with van der Waals surface area (Å²) in [5, 5.41) is 6.19. The highest BCUT2D eigenvalue weighted by Crippen LogP contribution is 2.29. The van der Waals surface area contributed by atoms with Crippen LogP contribution < -0.4 is 5.32 Å². The number of anilines is 1. The highest BCUT2D eigenvalue weighted by Gasteiger charge is 2.23. The van der Waals surface area contributed by atoms with Crippen molar-refractivity contribution in [3.8, 4) is 0 Å². The summed E-state index contributed by atoms with van der Waals surface area (Å²) in [5.74, 6) is -0.350. The van der Waals surface area contributed by atoms with Crippen molar-refractivity contribution in [2.24, 2.45) is 0 Å². The zero-order chi connectivity index (χ0) is 15.5. The number of carbonyl (C=O) groups is 1. The lowest BCUT2D eigenvalue weighted by atomic mass is 9.91. The third-order valence-electron chi connectivity index (χ3n) is 3.14. The third kappa shape index (κ3) is 3.83. The van der Waals surface area contributed by atoms with Gasteiger partial charge in [-0.2, -0.15) is 0 Å². The van der Waals surface area contributed by atoms with E-state index in [2.05, 4.69) is 41.7 Å². The van der Waals surface area contributed by atoms with Gasteiger partial charge < -0.3 is 10.1 Å². The van der Waals surface area contributed by atoms with E-state index in [1.54, 1.807) is 18.3 Å². The van der Waals surface area contributed by atoms with Gasteiger partial charge in [0.1, 0.15) is 0 Å². The molecule has 0 atom stereocenters. The summed E-state index contributed by atoms with van der Waals surface area (Å²) in [6.07, 6.45) is 0. The van der Waals surface area contributed by atoms with E-state index in [1.165, 1.54) is 16.2 Å². The molecule has 2 heterocycles. The fourth-order valence-electron chi connectivity index (χ4n) is 1.91. The molecule has 0 aliphatic carbocycles. The average molecular weight is 324 g/mol. The van der Waals surface area contributed by atoms with Crippen molar-refractivity contribution in [3.05, 3.63) is 33.0 Å². The topological polar surface area (TPSA) is 51.2 Å². The van der Waals surface area contributed by atoms with Crippen molar-refractivity contribution in [2.75, 3.05) is 18.5 Å². The Morgan fingerprint density at radius 1 is 1.48 bits per heavy atom. The monoisotopic (exact) mass is 324 g/mol. The van der Waals surface area contributed by atoms with Gasteiger partial charge in [0.05, 0.1) is 6.61 Å². The number of ether oxygens (including phenoxy) is 1. The first-order valence-electron chi connectivity index (χ1n) is 6.86. The summed E-state index contributed by atoms with van der Waals surface area (Å²) in [4.78, 5) is 18.3. The molecule has 6 heteroatoms. The van der Waals surface area contributed by atoms with Crippen molar-refractivity contribution in [2.45, 2.75) is 33.1 Å². The number of hydrogen-bond donors (Lipinski definition) is 1. The highest BCUT2D eigenvalue weighted by molar-refractivity contribution is 7.15. The predicted octanol–water partition coefficient (Wildman–Crippen LogP) is 4.08. The van der Waals surface area contributed by atoms with Gasteiger partial charge in [-0.25, -0.2) is 9.78 Å². The fraction of sp³-hybridized carbons (Fsp3) is 0.467. The molecule has 21 heavy (non-hydrogen) atoms. The van der Waals surface area contributed by atoms with Gasteiger partial charge in [-0.05, 0) is 25.3 Å². The molecule has 0 amide bonds. The molecule has 0 spiro atoms. The Labute approximate surface area is 133 Å². The maximum Gasteiger partial charge on any atom is 0.358 e. The number of esters is 1. The Bertz CT molecular complexity index is 603. The lowest BCUT2D eigenvalue weighted by Gasteiger charge is -2.23. The number of hydrogen-bond acceptors (Lipinski definition) is 6. The summed E-state index contributed by atoms with van der Waals surface area (Å²) in [5.41, 5.74) is 0.441. The molecule has 0 bridgehead atoms. The second-order valence-electron chi connectivity index (χ2n) is 5.36. The molecule has 4 nitrogen and oxygen atoms in total. The number of thiophene rings is 1. The normalized spacial score (nSPS) is 11.4. The quantitative estimate of drug-likeness (QED) is 0.814. The molecule has 0 saturated heterocycles. The van der Waals surface area contributed by atoms with Crippen molar-refractivity contribution in [1.29, 1.82) is 0 Å². The van der Waals surface area contributed by atoms with Crippen molar-refractivity contribution >= 4 is 33.8 Å². The van der Waals surface area contributed by atoms with E-state index in [-0.39, 0.29) is 11.4 Å². The van der Waals surface area contributed by atoms with Crippen molar-refractivity contribution < 1.29 is 9.53 Å². The predicted molar refractivity (Wildman–Crippen MR) is 88.6 cm³/mol. The van der Waals surface area contributed by atoms with Gasteiger partial charge in [-0.15, -0.1) is 22.7 Å². The molecule has 0 saturated carbocycles. The minimum atomic E-state index is -0.350. The lowest BCUT2D eigenvalue weighted by Crippen LogP contribution is -2.26. The largest absolute Gasteiger partial charge is 0.461 e. The Kier molecular flexibility index (Phi) is 5.00. The molecule has 0 aromatic carbocycles. The molecule has 114 valence electrons. The lowest BCUT2D eigenvalue weighted by molar-refractivity contribution is 0.0519. The summed E-state index contributed by atoms with van der Waals surface area (Å²) in [7, 11) is 0. The van der Waals surface area contributed by atoms with Crippen LogP contribution in [0.3, 0.4) is 0 Å². The maximum absolute atomic E-state index is 11.8. The van der Waals surface area contributed by atoms with Crippen LogP contribution in [0.2, 0.25) is 0 Å². The number of rotatable bonds is 6. The second kappa shape index (κ2) is 6.58. The van der Waals surface area contributed by atoms with Crippen LogP contribution in [0.25, 0.3) is 0 Å². The first-order chi connectivity index (χ1) is 9.94. The fourth-order valence-corrected chi connectivity index (χ4v) is 3.56. The number of nitrogens with one attached hydrogen (secondary N) is 1. The molecular formula is C15H20N2O2S2. The molecule has 1 N–H and O–H groups in total. The van der Waals surface area contributed by atoms with Gasteiger partial charge in [-0.3, -0.25) is 0 Å². The number of aromatic nitrogens is 1. The summed E-state index contributed by atoms with van der Waals surface area (Å²) < 4.78 is 5.01. The van der Waals surface area contributed by atoms with E-state index in [4.69, 9.17) is 4.74 Å². The van der Waals surface area contributed by atoms with Crippen molar-refractivity contribution in [3.63, 3.8) is 0 Å². The minimum Gasteiger partial charge on any atom is -0.461 e. The van der Waals surface area contributed by atoms with Crippen LogP contribution in [0, 0.1) is 6.92 Å². The van der Waals surface area contributed by atoms with Gasteiger partial charge in [0, 0.05) is 21.7 Å². The van der Waals surface area contributed by atoms with E-state index in [0.29, 0.717) is 12.3 Å². The zero-order valence-corrected chi connectivity index (χ0v) is 14.4. The van der Waals surface area contributed by atoms with Crippen LogP contribution in [-0.4, -0.2) is 24.1 Å². The molecule has 2 aromatic heterocycles. The Morgan fingerprint density at radius 2 is 2.24 bits per heavy atom. The molecule has 2 rings (SSSR count). The summed E-state index contributed by atoms with van der Waals surface area (Å²) in [6, 6.07) is 4.21. The molecule has 0 aliphatic rings. The van der Waals surface area contributed by atoms with Crippen LogP contribution in [-0.2, 0) is 10.2 Å². The van der Waals surface area contributed by atoms with E-state index in [9.17, 15) is 4.79 Å². The van der Waals surface area contributed by atoms with Crippen LogP contribution in [0.4, 0.5) is 5.13 Å². The van der Waals surface area contributed by atoms with E-state index in [1.807, 2.05) is 6.92 Å². The Morgan fingerprint density at radius 3 is 2.86 bits per heavy atom. The van der Waals surface area contributed by atoms with E-state index in [0.717, 1.165) is 16.6 Å². The van der Waals surface area contributed by atoms with Crippen LogP contribution in [0.5, 0.6) is 0 Å².